The van der Waals surface area contributed by atoms with Crippen molar-refractivity contribution >= 4 is 5.78 Å². The van der Waals surface area contributed by atoms with Crippen LogP contribution in [0, 0.1) is 12.8 Å². The molecule has 1 aromatic rings. The summed E-state index contributed by atoms with van der Waals surface area (Å²) in [6.45, 7) is 2.15. The van der Waals surface area contributed by atoms with Crippen molar-refractivity contribution in [2.24, 2.45) is 5.92 Å². The van der Waals surface area contributed by atoms with Crippen LogP contribution in [0.2, 0.25) is 0 Å². The van der Waals surface area contributed by atoms with Crippen molar-refractivity contribution in [2.75, 3.05) is 0 Å². The molecule has 1 saturated carbocycles. The van der Waals surface area contributed by atoms with E-state index in [2.05, 4.69) is 13.0 Å². The minimum absolute atomic E-state index is 0.372. The number of carbonyl (C=O) groups excluding carboxylic acids is 1. The second-order valence-electron chi connectivity index (χ2n) is 4.96. The van der Waals surface area contributed by atoms with Crippen molar-refractivity contribution < 1.29 is 4.79 Å². The summed E-state index contributed by atoms with van der Waals surface area (Å²) in [5, 5.41) is 0. The fourth-order valence-electron chi connectivity index (χ4n) is 3.43. The summed E-state index contributed by atoms with van der Waals surface area (Å²) in [5.74, 6) is 1.70. The number of benzene rings is 1. The number of aryl methyl sites for hydroxylation is 1. The third-order valence-electron chi connectivity index (χ3n) is 4.10. The number of hydrogen-bond acceptors (Lipinski definition) is 1. The maximum atomic E-state index is 12.0. The van der Waals surface area contributed by atoms with Crippen molar-refractivity contribution in [3.05, 3.63) is 34.9 Å². The van der Waals surface area contributed by atoms with Crippen LogP contribution in [-0.2, 0) is 0 Å². The van der Waals surface area contributed by atoms with Crippen molar-refractivity contribution in [1.29, 1.82) is 0 Å². The fourth-order valence-corrected chi connectivity index (χ4v) is 3.43. The summed E-state index contributed by atoms with van der Waals surface area (Å²) in [6, 6.07) is 6.17. The van der Waals surface area contributed by atoms with Crippen LogP contribution in [0.3, 0.4) is 0 Å². The van der Waals surface area contributed by atoms with Gasteiger partial charge in [0, 0.05) is 12.0 Å². The summed E-state index contributed by atoms with van der Waals surface area (Å²) in [5.41, 5.74) is 3.70. The van der Waals surface area contributed by atoms with E-state index in [0.717, 1.165) is 12.0 Å². The van der Waals surface area contributed by atoms with Crippen LogP contribution in [0.5, 0.6) is 0 Å². The minimum Gasteiger partial charge on any atom is -0.294 e. The fraction of sp³-hybridized carbons (Fsp3) is 0.500. The van der Waals surface area contributed by atoms with Gasteiger partial charge in [-0.1, -0.05) is 24.6 Å². The Bertz CT molecular complexity index is 419. The third-order valence-corrected chi connectivity index (χ3v) is 4.10. The second kappa shape index (κ2) is 3.19. The summed E-state index contributed by atoms with van der Waals surface area (Å²) in [4.78, 5) is 12.0. The van der Waals surface area contributed by atoms with Crippen molar-refractivity contribution in [1.82, 2.24) is 0 Å². The molecular weight excluding hydrogens is 184 g/mol. The second-order valence-corrected chi connectivity index (χ2v) is 4.96. The molecule has 0 aliphatic heterocycles. The van der Waals surface area contributed by atoms with Gasteiger partial charge in [0.25, 0.3) is 0 Å². The molecule has 2 aliphatic rings. The quantitative estimate of drug-likeness (QED) is 0.626. The van der Waals surface area contributed by atoms with Crippen LogP contribution in [0.25, 0.3) is 0 Å². The standard InChI is InChI=1S/C14H16O/c1-9-4-2-7-12-13(15)8-10-5-3-6-11(10)14(9)12/h2,4,7,10-11H,3,5-6,8H2,1H3/t10-,11+/m0/s1. The molecule has 0 unspecified atom stereocenters. The van der Waals surface area contributed by atoms with Gasteiger partial charge in [0.15, 0.2) is 5.78 Å². The maximum absolute atomic E-state index is 12.0. The average molecular weight is 200 g/mol. The number of Topliss-reactive ketones (excluding diaryl/α,β-unsaturated/α-hetero) is 1. The van der Waals surface area contributed by atoms with E-state index in [0.29, 0.717) is 17.6 Å². The highest BCUT2D eigenvalue weighted by atomic mass is 16.1. The molecule has 0 saturated heterocycles. The zero-order chi connectivity index (χ0) is 10.4. The van der Waals surface area contributed by atoms with Crippen LogP contribution in [0.15, 0.2) is 18.2 Å². The predicted octanol–water partition coefficient (Wildman–Crippen LogP) is 3.47. The molecule has 0 N–H and O–H groups in total. The molecule has 0 amide bonds. The molecule has 1 heteroatoms. The van der Waals surface area contributed by atoms with E-state index in [1.807, 2.05) is 12.1 Å². The molecule has 3 rings (SSSR count). The molecule has 0 heterocycles. The molecule has 1 aromatic carbocycles. The van der Waals surface area contributed by atoms with Crippen LogP contribution in [0.4, 0.5) is 0 Å². The number of ketones is 1. The third kappa shape index (κ3) is 1.26. The molecular formula is C14H16O. The topological polar surface area (TPSA) is 17.1 Å². The first-order chi connectivity index (χ1) is 7.27. The number of rotatable bonds is 0. The number of fused-ring (bicyclic) bond motifs is 3. The highest BCUT2D eigenvalue weighted by Gasteiger charge is 2.37. The molecule has 1 fully saturated rings. The van der Waals surface area contributed by atoms with Crippen molar-refractivity contribution in [3.63, 3.8) is 0 Å². The zero-order valence-corrected chi connectivity index (χ0v) is 9.12. The molecule has 0 aromatic heterocycles. The molecule has 2 aliphatic carbocycles. The van der Waals surface area contributed by atoms with Crippen LogP contribution >= 0.6 is 0 Å². The minimum atomic E-state index is 0.372. The van der Waals surface area contributed by atoms with Gasteiger partial charge in [-0.25, -0.2) is 0 Å². The lowest BCUT2D eigenvalue weighted by Crippen LogP contribution is -2.22. The van der Waals surface area contributed by atoms with Crippen molar-refractivity contribution in [2.45, 2.75) is 38.5 Å². The molecule has 0 spiro atoms. The zero-order valence-electron chi connectivity index (χ0n) is 9.12. The Morgan fingerprint density at radius 3 is 3.00 bits per heavy atom. The maximum Gasteiger partial charge on any atom is 0.163 e. The number of hydrogen-bond donors (Lipinski definition) is 0. The lowest BCUT2D eigenvalue weighted by Gasteiger charge is -2.28. The largest absolute Gasteiger partial charge is 0.294 e. The molecule has 1 nitrogen and oxygen atoms in total. The molecule has 78 valence electrons. The smallest absolute Gasteiger partial charge is 0.163 e. The first-order valence-corrected chi connectivity index (χ1v) is 5.90. The summed E-state index contributed by atoms with van der Waals surface area (Å²) < 4.78 is 0. The van der Waals surface area contributed by atoms with Gasteiger partial charge in [0.2, 0.25) is 0 Å². The van der Waals surface area contributed by atoms with E-state index < -0.39 is 0 Å². The van der Waals surface area contributed by atoms with Gasteiger partial charge in [-0.3, -0.25) is 4.79 Å². The van der Waals surface area contributed by atoms with E-state index in [9.17, 15) is 4.79 Å². The van der Waals surface area contributed by atoms with Gasteiger partial charge in [0.1, 0.15) is 0 Å². The van der Waals surface area contributed by atoms with E-state index in [1.54, 1.807) is 0 Å². The molecule has 15 heavy (non-hydrogen) atoms. The molecule has 2 atom stereocenters. The summed E-state index contributed by atoms with van der Waals surface area (Å²) in [7, 11) is 0. The van der Waals surface area contributed by atoms with Crippen LogP contribution in [0.1, 0.15) is 53.1 Å². The molecule has 0 bridgehead atoms. The Morgan fingerprint density at radius 2 is 2.13 bits per heavy atom. The van der Waals surface area contributed by atoms with Crippen molar-refractivity contribution in [3.8, 4) is 0 Å². The Hall–Kier alpha value is -1.11. The highest BCUT2D eigenvalue weighted by Crippen LogP contribution is 2.47. The normalized spacial score (nSPS) is 28.7. The average Bonchev–Trinajstić information content (AvgIpc) is 2.66. The van der Waals surface area contributed by atoms with E-state index in [4.69, 9.17) is 0 Å². The van der Waals surface area contributed by atoms with Gasteiger partial charge >= 0.3 is 0 Å². The lowest BCUT2D eigenvalue weighted by molar-refractivity contribution is 0.0943. The van der Waals surface area contributed by atoms with E-state index in [-0.39, 0.29) is 0 Å². The predicted molar refractivity (Wildman–Crippen MR) is 60.2 cm³/mol. The monoisotopic (exact) mass is 200 g/mol. The van der Waals surface area contributed by atoms with Crippen LogP contribution < -0.4 is 0 Å². The lowest BCUT2D eigenvalue weighted by atomic mass is 9.75. The Kier molecular flexibility index (Phi) is 1.95. The van der Waals surface area contributed by atoms with E-state index in [1.165, 1.54) is 30.4 Å². The highest BCUT2D eigenvalue weighted by molar-refractivity contribution is 5.99. The number of carbonyl (C=O) groups is 1. The first-order valence-electron chi connectivity index (χ1n) is 5.90. The summed E-state index contributed by atoms with van der Waals surface area (Å²) >= 11 is 0. The Labute approximate surface area is 90.5 Å². The Balaban J connectivity index is 2.19. The van der Waals surface area contributed by atoms with Gasteiger partial charge in [-0.2, -0.15) is 0 Å². The van der Waals surface area contributed by atoms with E-state index >= 15 is 0 Å². The van der Waals surface area contributed by atoms with Gasteiger partial charge in [-0.05, 0) is 42.7 Å². The van der Waals surface area contributed by atoms with Gasteiger partial charge in [0.05, 0.1) is 0 Å². The van der Waals surface area contributed by atoms with Crippen LogP contribution in [-0.4, -0.2) is 5.78 Å². The SMILES string of the molecule is Cc1cccc2c1[C@@H]1CCC[C@H]1CC2=O. The summed E-state index contributed by atoms with van der Waals surface area (Å²) in [6.07, 6.45) is 4.64. The van der Waals surface area contributed by atoms with Gasteiger partial charge in [-0.15, -0.1) is 0 Å². The Morgan fingerprint density at radius 1 is 1.27 bits per heavy atom. The first kappa shape index (κ1) is 9.14. The van der Waals surface area contributed by atoms with Gasteiger partial charge < -0.3 is 0 Å². The molecule has 0 radical (unpaired) electrons.